The van der Waals surface area contributed by atoms with E-state index in [1.165, 1.54) is 17.5 Å². The fourth-order valence-corrected chi connectivity index (χ4v) is 3.66. The first-order valence-electron chi connectivity index (χ1n) is 6.04. The molecular weight excluding hydrogens is 266 g/mol. The highest BCUT2D eigenvalue weighted by atomic mass is 32.2. The third-order valence-electron chi connectivity index (χ3n) is 3.34. The van der Waals surface area contributed by atoms with Crippen LogP contribution in [0.3, 0.4) is 0 Å². The SMILES string of the molecule is O=C(O)c1ccc2c(c1)S(=O)(=O)C=C2CNC1CC1. The van der Waals surface area contributed by atoms with Gasteiger partial charge in [-0.05, 0) is 36.1 Å². The van der Waals surface area contributed by atoms with Crippen LogP contribution >= 0.6 is 0 Å². The molecule has 3 rings (SSSR count). The van der Waals surface area contributed by atoms with Gasteiger partial charge in [0, 0.05) is 18.0 Å². The van der Waals surface area contributed by atoms with Crippen LogP contribution in [0.4, 0.5) is 0 Å². The summed E-state index contributed by atoms with van der Waals surface area (Å²) in [4.78, 5) is 11.0. The summed E-state index contributed by atoms with van der Waals surface area (Å²) in [6.45, 7) is 0.503. The number of aromatic carboxylic acids is 1. The first kappa shape index (κ1) is 12.4. The van der Waals surface area contributed by atoms with Crippen LogP contribution in [0.2, 0.25) is 0 Å². The topological polar surface area (TPSA) is 83.5 Å². The summed E-state index contributed by atoms with van der Waals surface area (Å²) in [7, 11) is -3.50. The van der Waals surface area contributed by atoms with Gasteiger partial charge < -0.3 is 10.4 Å². The minimum atomic E-state index is -3.50. The molecule has 0 unspecified atom stereocenters. The van der Waals surface area contributed by atoms with E-state index in [0.717, 1.165) is 12.8 Å². The molecule has 1 fully saturated rings. The maximum absolute atomic E-state index is 12.0. The van der Waals surface area contributed by atoms with E-state index in [-0.39, 0.29) is 10.5 Å². The van der Waals surface area contributed by atoms with E-state index in [9.17, 15) is 13.2 Å². The molecule has 1 aliphatic heterocycles. The molecule has 0 atom stereocenters. The Morgan fingerprint density at radius 3 is 2.74 bits per heavy atom. The van der Waals surface area contributed by atoms with Crippen LogP contribution in [0.25, 0.3) is 5.57 Å². The quantitative estimate of drug-likeness (QED) is 0.867. The van der Waals surface area contributed by atoms with E-state index in [1.54, 1.807) is 6.07 Å². The van der Waals surface area contributed by atoms with Crippen molar-refractivity contribution >= 4 is 21.4 Å². The van der Waals surface area contributed by atoms with Crippen LogP contribution in [0.5, 0.6) is 0 Å². The van der Waals surface area contributed by atoms with Gasteiger partial charge in [0.2, 0.25) is 9.84 Å². The fraction of sp³-hybridized carbons (Fsp3) is 0.308. The molecule has 2 aliphatic rings. The van der Waals surface area contributed by atoms with Crippen molar-refractivity contribution in [2.45, 2.75) is 23.8 Å². The normalized spacial score (nSPS) is 19.9. The van der Waals surface area contributed by atoms with Gasteiger partial charge in [0.25, 0.3) is 0 Å². The number of benzene rings is 1. The van der Waals surface area contributed by atoms with Crippen LogP contribution < -0.4 is 5.32 Å². The summed E-state index contributed by atoms with van der Waals surface area (Å²) < 4.78 is 24.0. The van der Waals surface area contributed by atoms with Crippen LogP contribution in [-0.4, -0.2) is 32.1 Å². The third kappa shape index (κ3) is 2.29. The predicted molar refractivity (Wildman–Crippen MR) is 69.6 cm³/mol. The Kier molecular flexibility index (Phi) is 2.72. The first-order valence-corrected chi connectivity index (χ1v) is 7.59. The zero-order valence-corrected chi connectivity index (χ0v) is 10.9. The number of fused-ring (bicyclic) bond motifs is 1. The van der Waals surface area contributed by atoms with Crippen LogP contribution in [-0.2, 0) is 9.84 Å². The molecule has 1 aliphatic carbocycles. The van der Waals surface area contributed by atoms with E-state index in [0.29, 0.717) is 23.7 Å². The molecule has 5 nitrogen and oxygen atoms in total. The number of nitrogens with one attached hydrogen (secondary N) is 1. The van der Waals surface area contributed by atoms with Gasteiger partial charge in [-0.3, -0.25) is 0 Å². The van der Waals surface area contributed by atoms with Gasteiger partial charge in [0.05, 0.1) is 10.5 Å². The van der Waals surface area contributed by atoms with Crippen LogP contribution in [0.1, 0.15) is 28.8 Å². The van der Waals surface area contributed by atoms with Crippen molar-refractivity contribution in [1.29, 1.82) is 0 Å². The average Bonchev–Trinajstić information content (AvgIpc) is 3.14. The smallest absolute Gasteiger partial charge is 0.335 e. The lowest BCUT2D eigenvalue weighted by Gasteiger charge is -2.06. The summed E-state index contributed by atoms with van der Waals surface area (Å²) in [6, 6.07) is 4.73. The van der Waals surface area contributed by atoms with Gasteiger partial charge >= 0.3 is 5.97 Å². The van der Waals surface area contributed by atoms with Gasteiger partial charge in [0.15, 0.2) is 0 Å². The summed E-state index contributed by atoms with van der Waals surface area (Å²) in [5.41, 5.74) is 1.31. The Balaban J connectivity index is 1.97. The van der Waals surface area contributed by atoms with Crippen molar-refractivity contribution in [1.82, 2.24) is 5.32 Å². The fourth-order valence-electron chi connectivity index (χ4n) is 2.15. The van der Waals surface area contributed by atoms with Gasteiger partial charge in [-0.1, -0.05) is 6.07 Å². The molecule has 0 aromatic heterocycles. The van der Waals surface area contributed by atoms with Gasteiger partial charge in [-0.25, -0.2) is 13.2 Å². The molecule has 6 heteroatoms. The summed E-state index contributed by atoms with van der Waals surface area (Å²) >= 11 is 0. The number of carbonyl (C=O) groups is 1. The number of rotatable bonds is 4. The van der Waals surface area contributed by atoms with Crippen LogP contribution in [0.15, 0.2) is 28.5 Å². The minimum absolute atomic E-state index is 0.00729. The first-order chi connectivity index (χ1) is 8.97. The zero-order valence-electron chi connectivity index (χ0n) is 10.1. The van der Waals surface area contributed by atoms with E-state index in [2.05, 4.69) is 5.32 Å². The predicted octanol–water partition coefficient (Wildman–Crippen LogP) is 1.26. The van der Waals surface area contributed by atoms with Crippen molar-refractivity contribution in [3.63, 3.8) is 0 Å². The Labute approximate surface area is 110 Å². The second-order valence-electron chi connectivity index (χ2n) is 4.86. The number of hydrogen-bond donors (Lipinski definition) is 2. The van der Waals surface area contributed by atoms with Crippen molar-refractivity contribution < 1.29 is 18.3 Å². The van der Waals surface area contributed by atoms with Gasteiger partial charge in [-0.2, -0.15) is 0 Å². The van der Waals surface area contributed by atoms with E-state index in [1.807, 2.05) is 0 Å². The van der Waals surface area contributed by atoms with E-state index < -0.39 is 15.8 Å². The summed E-state index contributed by atoms with van der Waals surface area (Å²) in [5.74, 6) is -1.12. The molecule has 1 saturated carbocycles. The maximum Gasteiger partial charge on any atom is 0.335 e. The Bertz CT molecular complexity index is 687. The molecule has 2 N–H and O–H groups in total. The average molecular weight is 279 g/mol. The molecule has 0 radical (unpaired) electrons. The van der Waals surface area contributed by atoms with Crippen molar-refractivity contribution in [3.05, 3.63) is 34.7 Å². The standard InChI is InChI=1S/C13H13NO4S/c15-13(16)8-1-4-11-9(6-14-10-2-3-10)7-19(17,18)12(11)5-8/h1,4-5,7,10,14H,2-3,6H2,(H,15,16). The molecule has 0 bridgehead atoms. The third-order valence-corrected chi connectivity index (χ3v) is 4.88. The molecular formula is C13H13NO4S. The number of sulfone groups is 1. The minimum Gasteiger partial charge on any atom is -0.478 e. The second kappa shape index (κ2) is 4.18. The van der Waals surface area contributed by atoms with Crippen molar-refractivity contribution in [2.24, 2.45) is 0 Å². The second-order valence-corrected chi connectivity index (χ2v) is 6.62. The molecule has 19 heavy (non-hydrogen) atoms. The molecule has 1 aromatic carbocycles. The number of carboxylic acids is 1. The lowest BCUT2D eigenvalue weighted by Crippen LogP contribution is -2.18. The lowest BCUT2D eigenvalue weighted by atomic mass is 10.1. The Morgan fingerprint density at radius 2 is 2.11 bits per heavy atom. The van der Waals surface area contributed by atoms with Gasteiger partial charge in [0.1, 0.15) is 0 Å². The van der Waals surface area contributed by atoms with Gasteiger partial charge in [-0.15, -0.1) is 0 Å². The number of hydrogen-bond acceptors (Lipinski definition) is 4. The van der Waals surface area contributed by atoms with Crippen LogP contribution in [0, 0.1) is 0 Å². The zero-order chi connectivity index (χ0) is 13.6. The lowest BCUT2D eigenvalue weighted by molar-refractivity contribution is 0.0696. The molecule has 0 amide bonds. The molecule has 1 heterocycles. The van der Waals surface area contributed by atoms with E-state index >= 15 is 0 Å². The van der Waals surface area contributed by atoms with Crippen molar-refractivity contribution in [2.75, 3.05) is 6.54 Å². The Morgan fingerprint density at radius 1 is 1.37 bits per heavy atom. The molecule has 100 valence electrons. The molecule has 1 aromatic rings. The highest BCUT2D eigenvalue weighted by Crippen LogP contribution is 2.34. The largest absolute Gasteiger partial charge is 0.478 e. The highest BCUT2D eigenvalue weighted by Gasteiger charge is 2.29. The molecule has 0 spiro atoms. The molecule has 0 saturated heterocycles. The maximum atomic E-state index is 12.0. The highest BCUT2D eigenvalue weighted by molar-refractivity contribution is 7.95. The number of carboxylic acid groups (broad SMARTS) is 1. The van der Waals surface area contributed by atoms with E-state index in [4.69, 9.17) is 5.11 Å². The Hall–Kier alpha value is -1.66. The summed E-state index contributed by atoms with van der Waals surface area (Å²) in [6.07, 6.45) is 2.26. The summed E-state index contributed by atoms with van der Waals surface area (Å²) in [5, 5.41) is 13.4. The van der Waals surface area contributed by atoms with Crippen molar-refractivity contribution in [3.8, 4) is 0 Å². The monoisotopic (exact) mass is 279 g/mol.